The number of hydrogen-bond acceptors (Lipinski definition) is 4. The third-order valence-electron chi connectivity index (χ3n) is 3.18. The lowest BCUT2D eigenvalue weighted by Gasteiger charge is -2.40. The van der Waals surface area contributed by atoms with Crippen LogP contribution in [0.4, 0.5) is 0 Å². The summed E-state index contributed by atoms with van der Waals surface area (Å²) in [6, 6.07) is 4.13. The van der Waals surface area contributed by atoms with Gasteiger partial charge in [-0.2, -0.15) is 0 Å². The van der Waals surface area contributed by atoms with Gasteiger partial charge in [0.05, 0.1) is 19.2 Å². The number of carboxylic acids is 1. The van der Waals surface area contributed by atoms with E-state index >= 15 is 0 Å². The van der Waals surface area contributed by atoms with E-state index in [0.717, 1.165) is 18.8 Å². The maximum absolute atomic E-state index is 10.8. The van der Waals surface area contributed by atoms with Gasteiger partial charge in [-0.1, -0.05) is 0 Å². The summed E-state index contributed by atoms with van der Waals surface area (Å²) in [5, 5.41) is 12.2. The number of rotatable bonds is 4. The molecule has 2 rings (SSSR count). The summed E-state index contributed by atoms with van der Waals surface area (Å²) in [7, 11) is 0. The second kappa shape index (κ2) is 5.33. The first-order chi connectivity index (χ1) is 8.16. The highest BCUT2D eigenvalue weighted by Gasteiger charge is 2.29. The van der Waals surface area contributed by atoms with Gasteiger partial charge in [-0.25, -0.2) is 0 Å². The minimum Gasteiger partial charge on any atom is -0.481 e. The van der Waals surface area contributed by atoms with Crippen molar-refractivity contribution in [3.63, 3.8) is 0 Å². The Bertz CT molecular complexity index is 364. The molecular formula is C12H18N2O3. The monoisotopic (exact) mass is 238 g/mol. The van der Waals surface area contributed by atoms with Gasteiger partial charge in [0.1, 0.15) is 5.76 Å². The summed E-state index contributed by atoms with van der Waals surface area (Å²) in [5.74, 6) is 0.129. The van der Waals surface area contributed by atoms with Crippen LogP contribution in [-0.2, 0) is 11.3 Å². The van der Waals surface area contributed by atoms with Crippen LogP contribution >= 0.6 is 0 Å². The van der Waals surface area contributed by atoms with E-state index in [1.54, 1.807) is 6.26 Å². The van der Waals surface area contributed by atoms with E-state index in [1.165, 1.54) is 0 Å². The van der Waals surface area contributed by atoms with E-state index in [2.05, 4.69) is 17.1 Å². The number of hydrogen-bond donors (Lipinski definition) is 2. The second-order valence-electron chi connectivity index (χ2n) is 4.51. The van der Waals surface area contributed by atoms with E-state index in [1.807, 2.05) is 12.1 Å². The Kier molecular flexibility index (Phi) is 3.81. The first-order valence-electron chi connectivity index (χ1n) is 5.87. The number of aliphatic carboxylic acids is 1. The molecule has 17 heavy (non-hydrogen) atoms. The lowest BCUT2D eigenvalue weighted by molar-refractivity contribution is -0.139. The second-order valence-corrected chi connectivity index (χ2v) is 4.51. The fraction of sp³-hybridized carbons (Fsp3) is 0.583. The van der Waals surface area contributed by atoms with Crippen molar-refractivity contribution in [3.8, 4) is 0 Å². The predicted molar refractivity (Wildman–Crippen MR) is 62.6 cm³/mol. The average Bonchev–Trinajstić information content (AvgIpc) is 2.75. The van der Waals surface area contributed by atoms with Gasteiger partial charge in [-0.15, -0.1) is 0 Å². The molecule has 1 aliphatic heterocycles. The molecule has 5 nitrogen and oxygen atoms in total. The summed E-state index contributed by atoms with van der Waals surface area (Å²) in [6.07, 6.45) is 1.81. The SMILES string of the molecule is CC1CNCC(CC(=O)O)N1Cc1ccco1. The number of furan rings is 1. The third-order valence-corrected chi connectivity index (χ3v) is 3.18. The molecule has 0 spiro atoms. The fourth-order valence-corrected chi connectivity index (χ4v) is 2.31. The normalized spacial score (nSPS) is 25.9. The molecule has 0 aromatic carbocycles. The van der Waals surface area contributed by atoms with Crippen molar-refractivity contribution in [1.82, 2.24) is 10.2 Å². The zero-order valence-corrected chi connectivity index (χ0v) is 9.93. The van der Waals surface area contributed by atoms with Gasteiger partial charge in [0.2, 0.25) is 0 Å². The molecule has 2 heterocycles. The fourth-order valence-electron chi connectivity index (χ4n) is 2.31. The molecule has 94 valence electrons. The molecule has 1 aromatic heterocycles. The number of nitrogens with one attached hydrogen (secondary N) is 1. The predicted octanol–water partition coefficient (Wildman–Crippen LogP) is 0.917. The molecule has 1 fully saturated rings. The minimum atomic E-state index is -0.754. The minimum absolute atomic E-state index is 0.0290. The highest BCUT2D eigenvalue weighted by molar-refractivity contribution is 5.67. The molecule has 0 aliphatic carbocycles. The molecule has 0 bridgehead atoms. The molecule has 0 amide bonds. The topological polar surface area (TPSA) is 65.7 Å². The molecule has 5 heteroatoms. The van der Waals surface area contributed by atoms with Crippen LogP contribution < -0.4 is 5.32 Å². The Morgan fingerprint density at radius 3 is 3.12 bits per heavy atom. The molecule has 0 saturated carbocycles. The molecular weight excluding hydrogens is 220 g/mol. The third kappa shape index (κ3) is 3.08. The van der Waals surface area contributed by atoms with Gasteiger partial charge < -0.3 is 14.8 Å². The summed E-state index contributed by atoms with van der Waals surface area (Å²) >= 11 is 0. The van der Waals surface area contributed by atoms with Crippen molar-refractivity contribution in [2.24, 2.45) is 0 Å². The van der Waals surface area contributed by atoms with Crippen LogP contribution in [0, 0.1) is 0 Å². The Morgan fingerprint density at radius 1 is 1.65 bits per heavy atom. The lowest BCUT2D eigenvalue weighted by atomic mass is 10.1. The van der Waals surface area contributed by atoms with Crippen molar-refractivity contribution in [3.05, 3.63) is 24.2 Å². The summed E-state index contributed by atoms with van der Waals surface area (Å²) in [5.41, 5.74) is 0. The first-order valence-corrected chi connectivity index (χ1v) is 5.87. The van der Waals surface area contributed by atoms with E-state index in [0.29, 0.717) is 12.6 Å². The molecule has 1 saturated heterocycles. The Morgan fingerprint density at radius 2 is 2.47 bits per heavy atom. The van der Waals surface area contributed by atoms with Crippen LogP contribution in [0.5, 0.6) is 0 Å². The van der Waals surface area contributed by atoms with Gasteiger partial charge >= 0.3 is 5.97 Å². The zero-order valence-electron chi connectivity index (χ0n) is 9.93. The standard InChI is InChI=1S/C12H18N2O3/c1-9-6-13-7-10(5-12(15)16)14(9)8-11-3-2-4-17-11/h2-4,9-10,13H,5-8H2,1H3,(H,15,16). The van der Waals surface area contributed by atoms with Crippen LogP contribution in [-0.4, -0.2) is 41.1 Å². The molecule has 1 aliphatic rings. The molecule has 1 aromatic rings. The van der Waals surface area contributed by atoms with E-state index < -0.39 is 5.97 Å². The van der Waals surface area contributed by atoms with Gasteiger partial charge in [0.15, 0.2) is 0 Å². The van der Waals surface area contributed by atoms with E-state index in [9.17, 15) is 4.79 Å². The van der Waals surface area contributed by atoms with Gasteiger partial charge in [-0.05, 0) is 19.1 Å². The quantitative estimate of drug-likeness (QED) is 0.816. The Balaban J connectivity index is 2.04. The zero-order chi connectivity index (χ0) is 12.3. The van der Waals surface area contributed by atoms with E-state index in [-0.39, 0.29) is 12.5 Å². The molecule has 2 N–H and O–H groups in total. The average molecular weight is 238 g/mol. The number of piperazine rings is 1. The molecule has 2 atom stereocenters. The van der Waals surface area contributed by atoms with Gasteiger partial charge in [0.25, 0.3) is 0 Å². The summed E-state index contributed by atoms with van der Waals surface area (Å²) in [4.78, 5) is 13.0. The van der Waals surface area contributed by atoms with Crippen molar-refractivity contribution < 1.29 is 14.3 Å². The Hall–Kier alpha value is -1.33. The number of carbonyl (C=O) groups is 1. The van der Waals surface area contributed by atoms with Crippen molar-refractivity contribution in [1.29, 1.82) is 0 Å². The van der Waals surface area contributed by atoms with Crippen LogP contribution in [0.25, 0.3) is 0 Å². The van der Waals surface area contributed by atoms with Crippen molar-refractivity contribution in [2.75, 3.05) is 13.1 Å². The Labute approximate surface area is 100 Å². The smallest absolute Gasteiger partial charge is 0.304 e. The van der Waals surface area contributed by atoms with Crippen molar-refractivity contribution >= 4 is 5.97 Å². The largest absolute Gasteiger partial charge is 0.481 e. The van der Waals surface area contributed by atoms with E-state index in [4.69, 9.17) is 9.52 Å². The number of nitrogens with zero attached hydrogens (tertiary/aromatic N) is 1. The highest BCUT2D eigenvalue weighted by atomic mass is 16.4. The molecule has 0 radical (unpaired) electrons. The first kappa shape index (κ1) is 12.1. The van der Waals surface area contributed by atoms with Crippen LogP contribution in [0.1, 0.15) is 19.1 Å². The maximum atomic E-state index is 10.8. The summed E-state index contributed by atoms with van der Waals surface area (Å²) in [6.45, 7) is 4.38. The lowest BCUT2D eigenvalue weighted by Crippen LogP contribution is -2.56. The van der Waals surface area contributed by atoms with Crippen LogP contribution in [0.3, 0.4) is 0 Å². The van der Waals surface area contributed by atoms with Gasteiger partial charge in [-0.3, -0.25) is 9.69 Å². The van der Waals surface area contributed by atoms with Crippen LogP contribution in [0.2, 0.25) is 0 Å². The summed E-state index contributed by atoms with van der Waals surface area (Å²) < 4.78 is 5.33. The van der Waals surface area contributed by atoms with Crippen molar-refractivity contribution in [2.45, 2.75) is 32.0 Å². The maximum Gasteiger partial charge on any atom is 0.304 e. The number of carboxylic acid groups (broad SMARTS) is 1. The highest BCUT2D eigenvalue weighted by Crippen LogP contribution is 2.17. The van der Waals surface area contributed by atoms with Crippen LogP contribution in [0.15, 0.2) is 22.8 Å². The van der Waals surface area contributed by atoms with Gasteiger partial charge in [0, 0.05) is 25.2 Å². The molecule has 2 unspecified atom stereocenters.